The molecule has 15 rings (SSSR count). The van der Waals surface area contributed by atoms with Gasteiger partial charge in [0.25, 0.3) is 17.7 Å². The molecular weight excluding hydrogens is 1120 g/mol. The van der Waals surface area contributed by atoms with Gasteiger partial charge in [-0.05, 0) is 92.9 Å². The van der Waals surface area contributed by atoms with Gasteiger partial charge in [-0.25, -0.2) is 15.0 Å². The number of hydrogen-bond donors (Lipinski definition) is 1. The molecule has 0 radical (unpaired) electrons. The highest BCUT2D eigenvalue weighted by atomic mass is 16.5. The number of fused-ring (bicyclic) bond motifs is 3. The minimum atomic E-state index is -1.26. The first kappa shape index (κ1) is 58.5. The second-order valence-corrected chi connectivity index (χ2v) is 23.5. The molecular formula is C77H68N6O7. The SMILES string of the molecule is CC(=O)N1Cc2ccccc2C[C@@]2(N=C(c3ccccc3)O[C@H]2c2ccccc2)C1=O.CCCN1Cc2ccccc2C[C@@]2(N=C(c3ccccc3)O[C@H]2c2ccccc2)C1=O.O=C1NCc2ccccc2C[C@@]12N=C(c1ccccc1)O[C@H]2c1ccccc1. The summed E-state index contributed by atoms with van der Waals surface area (Å²) in [6.45, 7) is 5.59. The van der Waals surface area contributed by atoms with Gasteiger partial charge in [0.1, 0.15) is 0 Å². The van der Waals surface area contributed by atoms with E-state index < -0.39 is 34.9 Å². The fraction of sp³-hybridized carbons (Fsp3) is 0.208. The first-order valence-corrected chi connectivity index (χ1v) is 30.8. The molecule has 6 aliphatic rings. The van der Waals surface area contributed by atoms with Gasteiger partial charge in [0.05, 0.1) is 6.54 Å². The van der Waals surface area contributed by atoms with Gasteiger partial charge >= 0.3 is 0 Å². The lowest BCUT2D eigenvalue weighted by Gasteiger charge is -2.33. The van der Waals surface area contributed by atoms with Crippen molar-refractivity contribution in [1.82, 2.24) is 15.1 Å². The molecule has 6 atom stereocenters. The summed E-state index contributed by atoms with van der Waals surface area (Å²) in [5.41, 5.74) is 8.62. The summed E-state index contributed by atoms with van der Waals surface area (Å²) in [4.78, 5) is 72.2. The van der Waals surface area contributed by atoms with Crippen molar-refractivity contribution < 1.29 is 33.4 Å². The molecule has 4 amide bonds. The number of carbonyl (C=O) groups is 4. The van der Waals surface area contributed by atoms with E-state index in [9.17, 15) is 19.2 Å². The van der Waals surface area contributed by atoms with Crippen LogP contribution in [0.3, 0.4) is 0 Å². The molecule has 0 aromatic heterocycles. The van der Waals surface area contributed by atoms with Gasteiger partial charge in [-0.15, -0.1) is 0 Å². The van der Waals surface area contributed by atoms with Crippen LogP contribution in [0, 0.1) is 0 Å². The molecule has 9 aromatic carbocycles. The Labute approximate surface area is 524 Å². The number of imide groups is 1. The summed E-state index contributed by atoms with van der Waals surface area (Å²) in [5.74, 6) is 0.814. The van der Waals surface area contributed by atoms with Gasteiger partial charge < -0.3 is 24.4 Å². The Morgan fingerprint density at radius 2 is 0.744 bits per heavy atom. The third-order valence-electron chi connectivity index (χ3n) is 17.7. The maximum absolute atomic E-state index is 14.1. The van der Waals surface area contributed by atoms with Gasteiger partial charge in [-0.1, -0.05) is 225 Å². The second kappa shape index (κ2) is 25.3. The lowest BCUT2D eigenvalue weighted by Crippen LogP contribution is -2.51. The van der Waals surface area contributed by atoms with Crippen LogP contribution in [0.25, 0.3) is 0 Å². The zero-order chi connectivity index (χ0) is 61.7. The Bertz CT molecular complexity index is 4190. The Morgan fingerprint density at radius 1 is 0.422 bits per heavy atom. The summed E-state index contributed by atoms with van der Waals surface area (Å²) in [7, 11) is 0. The maximum atomic E-state index is 14.1. The zero-order valence-corrected chi connectivity index (χ0v) is 50.2. The molecule has 448 valence electrons. The molecule has 6 aliphatic heterocycles. The molecule has 90 heavy (non-hydrogen) atoms. The summed E-state index contributed by atoms with van der Waals surface area (Å²) < 4.78 is 19.2. The molecule has 0 unspecified atom stereocenters. The predicted octanol–water partition coefficient (Wildman–Crippen LogP) is 12.8. The van der Waals surface area contributed by atoms with Crippen LogP contribution in [0.2, 0.25) is 0 Å². The van der Waals surface area contributed by atoms with Crippen LogP contribution in [-0.2, 0) is 72.3 Å². The van der Waals surface area contributed by atoms with Crippen molar-refractivity contribution in [1.29, 1.82) is 0 Å². The van der Waals surface area contributed by atoms with Crippen molar-refractivity contribution in [3.8, 4) is 0 Å². The largest absolute Gasteiger partial charge is 0.466 e. The van der Waals surface area contributed by atoms with E-state index in [1.807, 2.05) is 235 Å². The van der Waals surface area contributed by atoms with Crippen LogP contribution in [0.5, 0.6) is 0 Å². The van der Waals surface area contributed by atoms with E-state index >= 15 is 0 Å². The average Bonchev–Trinajstić information content (AvgIpc) is 1.91. The van der Waals surface area contributed by atoms with E-state index in [0.29, 0.717) is 56.6 Å². The van der Waals surface area contributed by atoms with Crippen LogP contribution in [0.15, 0.2) is 270 Å². The Hall–Kier alpha value is -10.5. The Balaban J connectivity index is 0.000000124. The molecule has 0 saturated heterocycles. The van der Waals surface area contributed by atoms with Crippen molar-refractivity contribution >= 4 is 41.3 Å². The number of carbonyl (C=O) groups excluding carboxylic acids is 4. The second-order valence-electron chi connectivity index (χ2n) is 23.5. The summed E-state index contributed by atoms with van der Waals surface area (Å²) in [5, 5.41) is 3.08. The number of aliphatic imine (C=N–C) groups is 3. The van der Waals surface area contributed by atoms with Gasteiger partial charge in [-0.2, -0.15) is 0 Å². The number of nitrogens with one attached hydrogen (secondary N) is 1. The van der Waals surface area contributed by atoms with Crippen molar-refractivity contribution in [2.45, 2.75) is 94.1 Å². The first-order valence-electron chi connectivity index (χ1n) is 30.8. The van der Waals surface area contributed by atoms with E-state index in [4.69, 9.17) is 29.2 Å². The van der Waals surface area contributed by atoms with Crippen LogP contribution in [-0.4, -0.2) is 74.3 Å². The lowest BCUT2D eigenvalue weighted by atomic mass is 9.82. The minimum Gasteiger partial charge on any atom is -0.466 e. The van der Waals surface area contributed by atoms with Crippen LogP contribution in [0.1, 0.15) is 105 Å². The third kappa shape index (κ3) is 11.3. The molecule has 3 spiro atoms. The van der Waals surface area contributed by atoms with E-state index in [1.165, 1.54) is 17.4 Å². The van der Waals surface area contributed by atoms with Gasteiger partial charge in [0.2, 0.25) is 23.6 Å². The molecule has 0 aliphatic carbocycles. The lowest BCUT2D eigenvalue weighted by molar-refractivity contribution is -0.149. The highest BCUT2D eigenvalue weighted by Crippen LogP contribution is 2.48. The predicted molar refractivity (Wildman–Crippen MR) is 347 cm³/mol. The standard InChI is InChI=1S/C27H26N2O2.C26H22N2O3.C24H20N2O2/c1-2-17-29-19-23-16-10-9-15-22(23)18-27(26(29)30)24(20-11-5-3-6-12-20)31-25(28-27)21-13-7-4-8-14-21;1-18(29)28-17-22-15-9-8-14-21(22)16-26(25(28)30)23(19-10-4-2-5-11-19)31-24(27-26)20-12-6-3-7-13-20;27-23-24(15-19-13-7-8-14-20(19)16-25-23)21(17-9-3-1-4-10-17)28-22(26-24)18-11-5-2-6-12-18/h3-16,24H,2,17-19H2,1H3;2-15,23H,16-17H2,1H3;1-14,21H,15-16H2,(H,25,27)/t24-,27-;23-,26-;21-,24-/m000/s1. The molecule has 13 nitrogen and oxygen atoms in total. The van der Waals surface area contributed by atoms with Crippen LogP contribution in [0.4, 0.5) is 0 Å². The normalized spacial score (nSPS) is 22.8. The monoisotopic (exact) mass is 1190 g/mol. The quantitative estimate of drug-likeness (QED) is 0.159. The number of hydrogen-bond acceptors (Lipinski definition) is 10. The van der Waals surface area contributed by atoms with E-state index in [-0.39, 0.29) is 30.2 Å². The average molecular weight is 1190 g/mol. The van der Waals surface area contributed by atoms with Crippen molar-refractivity contribution in [3.63, 3.8) is 0 Å². The fourth-order valence-electron chi connectivity index (χ4n) is 13.2. The number of amides is 4. The fourth-order valence-corrected chi connectivity index (χ4v) is 13.2. The van der Waals surface area contributed by atoms with Gasteiger partial charge in [-0.3, -0.25) is 24.1 Å². The topological polar surface area (TPSA) is 152 Å². The number of benzene rings is 9. The molecule has 6 heterocycles. The molecule has 0 fully saturated rings. The Morgan fingerprint density at radius 3 is 1.16 bits per heavy atom. The van der Waals surface area contributed by atoms with Crippen molar-refractivity contribution in [2.75, 3.05) is 6.54 Å². The molecule has 13 heteroatoms. The van der Waals surface area contributed by atoms with Crippen LogP contribution >= 0.6 is 0 Å². The highest BCUT2D eigenvalue weighted by Gasteiger charge is 2.58. The molecule has 9 aromatic rings. The molecule has 0 bridgehead atoms. The maximum Gasteiger partial charge on any atom is 0.262 e. The number of nitrogens with zero attached hydrogens (tertiary/aromatic N) is 5. The summed E-state index contributed by atoms with van der Waals surface area (Å²) >= 11 is 0. The number of rotatable bonds is 8. The summed E-state index contributed by atoms with van der Waals surface area (Å²) in [6.07, 6.45) is 0.710. The van der Waals surface area contributed by atoms with Gasteiger partial charge in [0.15, 0.2) is 34.9 Å². The molecule has 1 N–H and O–H groups in total. The van der Waals surface area contributed by atoms with E-state index in [0.717, 1.165) is 67.6 Å². The highest BCUT2D eigenvalue weighted by molar-refractivity contribution is 6.06. The number of ether oxygens (including phenoxy) is 3. The van der Waals surface area contributed by atoms with E-state index in [1.54, 1.807) is 0 Å². The molecule has 0 saturated carbocycles. The third-order valence-corrected chi connectivity index (χ3v) is 17.7. The Kier molecular flexibility index (Phi) is 16.4. The first-order chi connectivity index (χ1) is 44.1. The van der Waals surface area contributed by atoms with E-state index in [2.05, 4.69) is 36.5 Å². The van der Waals surface area contributed by atoms with Crippen LogP contribution < -0.4 is 5.32 Å². The smallest absolute Gasteiger partial charge is 0.262 e. The zero-order valence-electron chi connectivity index (χ0n) is 50.2. The summed E-state index contributed by atoms with van der Waals surface area (Å²) in [6, 6.07) is 83.2. The van der Waals surface area contributed by atoms with Gasteiger partial charge in [0, 0.05) is 62.5 Å². The van der Waals surface area contributed by atoms with Crippen molar-refractivity contribution in [3.05, 3.63) is 322 Å². The van der Waals surface area contributed by atoms with Crippen molar-refractivity contribution in [2.24, 2.45) is 15.0 Å². The minimum absolute atomic E-state index is 0.0466.